The van der Waals surface area contributed by atoms with E-state index >= 15 is 0 Å². The highest BCUT2D eigenvalue weighted by Gasteiger charge is 2.21. The van der Waals surface area contributed by atoms with Crippen molar-refractivity contribution in [3.05, 3.63) is 22.2 Å². The summed E-state index contributed by atoms with van der Waals surface area (Å²) in [5.41, 5.74) is 4.68. The van der Waals surface area contributed by atoms with Crippen molar-refractivity contribution in [1.29, 1.82) is 0 Å². The fourth-order valence-electron chi connectivity index (χ4n) is 3.26. The van der Waals surface area contributed by atoms with E-state index in [2.05, 4.69) is 22.2 Å². The maximum atomic E-state index is 11.8. The van der Waals surface area contributed by atoms with E-state index in [1.54, 1.807) is 18.3 Å². The molecule has 118 valence electrons. The van der Waals surface area contributed by atoms with Crippen LogP contribution >= 0.6 is 11.3 Å². The molecule has 0 radical (unpaired) electrons. The van der Waals surface area contributed by atoms with E-state index in [0.717, 1.165) is 52.3 Å². The van der Waals surface area contributed by atoms with Gasteiger partial charge in [0.05, 0.1) is 5.69 Å². The Balaban J connectivity index is 1.88. The van der Waals surface area contributed by atoms with Crippen LogP contribution in [0.3, 0.4) is 0 Å². The number of nitrogens with one attached hydrogen (secondary N) is 1. The smallest absolute Gasteiger partial charge is 0.185 e. The zero-order chi connectivity index (χ0) is 15.9. The second kappa shape index (κ2) is 5.88. The SMILES string of the molecule is CC(=O)c1c(C)[nH]c(-c2csc(N3CCC(C)CC3)n2)c1C. The molecule has 0 atom stereocenters. The van der Waals surface area contributed by atoms with Gasteiger partial charge in [-0.3, -0.25) is 4.79 Å². The topological polar surface area (TPSA) is 49.0 Å². The van der Waals surface area contributed by atoms with Crippen molar-refractivity contribution in [2.75, 3.05) is 18.0 Å². The van der Waals surface area contributed by atoms with Crippen LogP contribution in [-0.2, 0) is 0 Å². The van der Waals surface area contributed by atoms with Crippen molar-refractivity contribution < 1.29 is 4.79 Å². The number of aromatic nitrogens is 2. The lowest BCUT2D eigenvalue weighted by molar-refractivity contribution is 0.101. The lowest BCUT2D eigenvalue weighted by Crippen LogP contribution is -2.32. The minimum atomic E-state index is 0.109. The maximum absolute atomic E-state index is 11.8. The Morgan fingerprint density at radius 2 is 2.05 bits per heavy atom. The summed E-state index contributed by atoms with van der Waals surface area (Å²) < 4.78 is 0. The Labute approximate surface area is 135 Å². The van der Waals surface area contributed by atoms with Crippen LogP contribution in [0, 0.1) is 19.8 Å². The van der Waals surface area contributed by atoms with Crippen LogP contribution in [-0.4, -0.2) is 28.8 Å². The molecule has 1 aliphatic rings. The number of nitrogens with zero attached hydrogens (tertiary/aromatic N) is 2. The number of ketones is 1. The van der Waals surface area contributed by atoms with Crippen molar-refractivity contribution >= 4 is 22.3 Å². The largest absolute Gasteiger partial charge is 0.356 e. The van der Waals surface area contributed by atoms with E-state index in [1.807, 2.05) is 13.8 Å². The maximum Gasteiger partial charge on any atom is 0.185 e. The van der Waals surface area contributed by atoms with Crippen LogP contribution in [0.15, 0.2) is 5.38 Å². The van der Waals surface area contributed by atoms with Crippen LogP contribution in [0.4, 0.5) is 5.13 Å². The van der Waals surface area contributed by atoms with Gasteiger partial charge in [0.15, 0.2) is 10.9 Å². The number of thiazole rings is 1. The van der Waals surface area contributed by atoms with Crippen LogP contribution in [0.25, 0.3) is 11.4 Å². The molecule has 0 aliphatic carbocycles. The highest BCUT2D eigenvalue weighted by Crippen LogP contribution is 2.33. The van der Waals surface area contributed by atoms with E-state index in [4.69, 9.17) is 4.98 Å². The van der Waals surface area contributed by atoms with E-state index in [9.17, 15) is 4.79 Å². The number of carbonyl (C=O) groups is 1. The molecule has 1 aliphatic heterocycles. The Morgan fingerprint density at radius 1 is 1.36 bits per heavy atom. The fraction of sp³-hybridized carbons (Fsp3) is 0.529. The van der Waals surface area contributed by atoms with E-state index in [0.29, 0.717) is 0 Å². The number of H-pyrrole nitrogens is 1. The first-order chi connectivity index (χ1) is 10.5. The number of piperidine rings is 1. The number of aryl methyl sites for hydroxylation is 1. The Hall–Kier alpha value is -1.62. The summed E-state index contributed by atoms with van der Waals surface area (Å²) in [6.45, 7) is 10.1. The molecule has 0 unspecified atom stereocenters. The molecule has 0 amide bonds. The van der Waals surface area contributed by atoms with Gasteiger partial charge in [0.2, 0.25) is 0 Å². The third-order valence-electron chi connectivity index (χ3n) is 4.59. The zero-order valence-corrected chi connectivity index (χ0v) is 14.5. The van der Waals surface area contributed by atoms with Crippen LogP contribution in [0.1, 0.15) is 48.3 Å². The van der Waals surface area contributed by atoms with Gasteiger partial charge in [0.1, 0.15) is 5.69 Å². The van der Waals surface area contributed by atoms with Gasteiger partial charge in [-0.1, -0.05) is 6.92 Å². The fourth-order valence-corrected chi connectivity index (χ4v) is 4.13. The van der Waals surface area contributed by atoms with Gasteiger partial charge in [0.25, 0.3) is 0 Å². The summed E-state index contributed by atoms with van der Waals surface area (Å²) in [4.78, 5) is 22.3. The highest BCUT2D eigenvalue weighted by atomic mass is 32.1. The lowest BCUT2D eigenvalue weighted by Gasteiger charge is -2.29. The molecule has 0 aromatic carbocycles. The summed E-state index contributed by atoms with van der Waals surface area (Å²) in [5.74, 6) is 0.931. The number of anilines is 1. The predicted octanol–water partition coefficient (Wildman–Crippen LogP) is 4.19. The number of aromatic amines is 1. The second-order valence-corrected chi connectivity index (χ2v) is 7.20. The Bertz CT molecular complexity index is 693. The molecular formula is C17H23N3OS. The van der Waals surface area contributed by atoms with E-state index in [-0.39, 0.29) is 5.78 Å². The van der Waals surface area contributed by atoms with Gasteiger partial charge >= 0.3 is 0 Å². The van der Waals surface area contributed by atoms with Crippen LogP contribution < -0.4 is 4.90 Å². The summed E-state index contributed by atoms with van der Waals surface area (Å²) in [6.07, 6.45) is 2.48. The molecule has 3 heterocycles. The summed E-state index contributed by atoms with van der Waals surface area (Å²) in [5, 5.41) is 3.19. The Kier molecular flexibility index (Phi) is 4.08. The summed E-state index contributed by atoms with van der Waals surface area (Å²) >= 11 is 1.69. The van der Waals surface area contributed by atoms with Gasteiger partial charge in [-0.15, -0.1) is 11.3 Å². The van der Waals surface area contributed by atoms with Crippen molar-refractivity contribution in [2.45, 2.75) is 40.5 Å². The molecule has 22 heavy (non-hydrogen) atoms. The molecule has 2 aromatic rings. The number of carbonyl (C=O) groups excluding carboxylic acids is 1. The average Bonchev–Trinajstić information content (AvgIpc) is 3.04. The van der Waals surface area contributed by atoms with Gasteiger partial charge in [0, 0.05) is 29.7 Å². The molecular weight excluding hydrogens is 294 g/mol. The van der Waals surface area contributed by atoms with Gasteiger partial charge < -0.3 is 9.88 Å². The lowest BCUT2D eigenvalue weighted by atomic mass is 10.00. The van der Waals surface area contributed by atoms with Gasteiger partial charge in [-0.05, 0) is 45.1 Å². The van der Waals surface area contributed by atoms with Crippen molar-refractivity contribution in [3.63, 3.8) is 0 Å². The number of rotatable bonds is 3. The standard InChI is InChI=1S/C17H23N3OS/c1-10-5-7-20(8-6-10)17-19-14(9-22-17)16-11(2)15(13(4)21)12(3)18-16/h9-10,18H,5-8H2,1-4H3. The quantitative estimate of drug-likeness (QED) is 0.863. The minimum absolute atomic E-state index is 0.109. The molecule has 1 N–H and O–H groups in total. The molecule has 1 fully saturated rings. The van der Waals surface area contributed by atoms with Crippen LogP contribution in [0.5, 0.6) is 0 Å². The molecule has 4 nitrogen and oxygen atoms in total. The summed E-state index contributed by atoms with van der Waals surface area (Å²) in [6, 6.07) is 0. The van der Waals surface area contributed by atoms with E-state index in [1.165, 1.54) is 12.8 Å². The first-order valence-corrected chi connectivity index (χ1v) is 8.76. The molecule has 0 spiro atoms. The summed E-state index contributed by atoms with van der Waals surface area (Å²) in [7, 11) is 0. The van der Waals surface area contributed by atoms with Crippen molar-refractivity contribution in [2.24, 2.45) is 5.92 Å². The predicted molar refractivity (Wildman–Crippen MR) is 92.0 cm³/mol. The van der Waals surface area contributed by atoms with Gasteiger partial charge in [-0.2, -0.15) is 0 Å². The van der Waals surface area contributed by atoms with Crippen LogP contribution in [0.2, 0.25) is 0 Å². The normalized spacial score (nSPS) is 16.3. The molecule has 3 rings (SSSR count). The molecule has 1 saturated heterocycles. The highest BCUT2D eigenvalue weighted by molar-refractivity contribution is 7.14. The molecule has 0 saturated carbocycles. The first-order valence-electron chi connectivity index (χ1n) is 7.88. The van der Waals surface area contributed by atoms with E-state index < -0.39 is 0 Å². The monoisotopic (exact) mass is 317 g/mol. The number of hydrogen-bond donors (Lipinski definition) is 1. The Morgan fingerprint density at radius 3 is 2.64 bits per heavy atom. The second-order valence-electron chi connectivity index (χ2n) is 6.37. The molecule has 0 bridgehead atoms. The third-order valence-corrected chi connectivity index (χ3v) is 5.49. The minimum Gasteiger partial charge on any atom is -0.356 e. The van der Waals surface area contributed by atoms with Crippen molar-refractivity contribution in [3.8, 4) is 11.4 Å². The molecule has 2 aromatic heterocycles. The third kappa shape index (κ3) is 2.70. The first kappa shape index (κ1) is 15.3. The average molecular weight is 317 g/mol. The van der Waals surface area contributed by atoms with Crippen molar-refractivity contribution in [1.82, 2.24) is 9.97 Å². The number of hydrogen-bond acceptors (Lipinski definition) is 4. The zero-order valence-electron chi connectivity index (χ0n) is 13.7. The van der Waals surface area contributed by atoms with Gasteiger partial charge in [-0.25, -0.2) is 4.98 Å². The molecule has 5 heteroatoms. The number of Topliss-reactive ketones (excluding diaryl/α,β-unsaturated/α-hetero) is 1.